The summed E-state index contributed by atoms with van der Waals surface area (Å²) < 4.78 is 0. The Labute approximate surface area is 167 Å². The monoisotopic (exact) mass is 392 g/mol. The minimum atomic E-state index is -0.312. The second kappa shape index (κ2) is 7.44. The van der Waals surface area contributed by atoms with E-state index in [4.69, 9.17) is 0 Å². The highest BCUT2D eigenvalue weighted by Gasteiger charge is 2.19. The van der Waals surface area contributed by atoms with Crippen molar-refractivity contribution in [2.24, 2.45) is 0 Å². The molecule has 142 valence electrons. The van der Waals surface area contributed by atoms with Gasteiger partial charge in [-0.25, -0.2) is 9.78 Å². The smallest absolute Gasteiger partial charge is 0.321 e. The highest BCUT2D eigenvalue weighted by Crippen LogP contribution is 2.31. The Bertz CT molecular complexity index is 1060. The third-order valence-corrected chi connectivity index (χ3v) is 5.68. The first kappa shape index (κ1) is 18.2. The number of carbonyl (C=O) groups excluding carboxylic acids is 2. The molecule has 2 heterocycles. The maximum atomic E-state index is 12.4. The summed E-state index contributed by atoms with van der Waals surface area (Å²) in [5.74, 6) is -0.00117. The number of amides is 3. The van der Waals surface area contributed by atoms with E-state index in [2.05, 4.69) is 33.9 Å². The van der Waals surface area contributed by atoms with Crippen LogP contribution < -0.4 is 16.0 Å². The Balaban J connectivity index is 1.40. The fraction of sp³-hybridized carbons (Fsp3) is 0.190. The molecule has 1 aliphatic heterocycles. The van der Waals surface area contributed by atoms with Gasteiger partial charge in [-0.3, -0.25) is 10.1 Å². The van der Waals surface area contributed by atoms with Gasteiger partial charge in [-0.1, -0.05) is 47.7 Å². The van der Waals surface area contributed by atoms with Crippen LogP contribution in [0, 0.1) is 6.92 Å². The Morgan fingerprint density at radius 1 is 1.25 bits per heavy atom. The molecule has 2 aromatic carbocycles. The summed E-state index contributed by atoms with van der Waals surface area (Å²) in [6.45, 7) is 3.96. The van der Waals surface area contributed by atoms with E-state index in [1.54, 1.807) is 6.20 Å². The van der Waals surface area contributed by atoms with Crippen LogP contribution in [0.25, 0.3) is 10.4 Å². The highest BCUT2D eigenvalue weighted by molar-refractivity contribution is 7.19. The van der Waals surface area contributed by atoms with Gasteiger partial charge in [0.25, 0.3) is 0 Å². The summed E-state index contributed by atoms with van der Waals surface area (Å²) in [7, 11) is 0. The van der Waals surface area contributed by atoms with E-state index in [0.717, 1.165) is 27.3 Å². The van der Waals surface area contributed by atoms with Gasteiger partial charge in [-0.2, -0.15) is 0 Å². The number of nitrogens with one attached hydrogen (secondary N) is 3. The average Bonchev–Trinajstić information content (AvgIpc) is 3.26. The van der Waals surface area contributed by atoms with Crippen LogP contribution in [0.3, 0.4) is 0 Å². The largest absolute Gasteiger partial charge is 0.331 e. The third kappa shape index (κ3) is 3.75. The molecule has 1 unspecified atom stereocenters. The number of urea groups is 1. The molecule has 1 aromatic heterocycles. The van der Waals surface area contributed by atoms with Crippen molar-refractivity contribution in [3.63, 3.8) is 0 Å². The number of fused-ring (bicyclic) bond motifs is 1. The number of rotatable bonds is 4. The zero-order valence-electron chi connectivity index (χ0n) is 15.6. The number of aryl methyl sites for hydroxylation is 1. The quantitative estimate of drug-likeness (QED) is 0.611. The van der Waals surface area contributed by atoms with Gasteiger partial charge < -0.3 is 10.6 Å². The molecule has 4 rings (SSSR count). The molecule has 3 amide bonds. The minimum Gasteiger partial charge on any atom is -0.331 e. The van der Waals surface area contributed by atoms with E-state index in [1.165, 1.54) is 16.9 Å². The summed E-state index contributed by atoms with van der Waals surface area (Å²) >= 11 is 1.44. The van der Waals surface area contributed by atoms with E-state index < -0.39 is 0 Å². The molecule has 0 aliphatic carbocycles. The number of hydrogen-bond donors (Lipinski definition) is 3. The predicted molar refractivity (Wildman–Crippen MR) is 112 cm³/mol. The Kier molecular flexibility index (Phi) is 4.83. The van der Waals surface area contributed by atoms with Crippen LogP contribution in [0.1, 0.15) is 29.7 Å². The molecule has 1 atom stereocenters. The standard InChI is InChI=1S/C21H20N4O2S/c1-12-5-3-4-6-16(12)18-11-22-21(28-18)25-20(27)23-13(2)14-7-8-17-15(9-14)10-19(26)24-17/h3-9,11,13H,10H2,1-2H3,(H,24,26)(H2,22,23,25,27). The topological polar surface area (TPSA) is 83.1 Å². The number of carbonyl (C=O) groups is 2. The van der Waals surface area contributed by atoms with E-state index >= 15 is 0 Å². The molecule has 0 bridgehead atoms. The lowest BCUT2D eigenvalue weighted by atomic mass is 10.0. The van der Waals surface area contributed by atoms with Crippen molar-refractivity contribution in [1.29, 1.82) is 0 Å². The molecule has 28 heavy (non-hydrogen) atoms. The van der Waals surface area contributed by atoms with Gasteiger partial charge in [0.15, 0.2) is 5.13 Å². The third-order valence-electron chi connectivity index (χ3n) is 4.74. The summed E-state index contributed by atoms with van der Waals surface area (Å²) in [6, 6.07) is 13.3. The molecular formula is C21H20N4O2S. The molecular weight excluding hydrogens is 372 g/mol. The minimum absolute atomic E-state index is 0.00117. The van der Waals surface area contributed by atoms with Crippen LogP contribution in [0.15, 0.2) is 48.7 Å². The van der Waals surface area contributed by atoms with Crippen LogP contribution in [0.4, 0.5) is 15.6 Å². The molecule has 0 radical (unpaired) electrons. The lowest BCUT2D eigenvalue weighted by Crippen LogP contribution is -2.31. The molecule has 0 saturated heterocycles. The van der Waals surface area contributed by atoms with E-state index in [-0.39, 0.29) is 18.0 Å². The van der Waals surface area contributed by atoms with E-state index in [0.29, 0.717) is 11.6 Å². The van der Waals surface area contributed by atoms with Crippen LogP contribution in [0.2, 0.25) is 0 Å². The summed E-state index contributed by atoms with van der Waals surface area (Å²) in [4.78, 5) is 29.2. The first-order chi connectivity index (χ1) is 13.5. The van der Waals surface area contributed by atoms with Gasteiger partial charge in [0.05, 0.1) is 17.3 Å². The molecule has 3 N–H and O–H groups in total. The number of thiazole rings is 1. The van der Waals surface area contributed by atoms with Crippen molar-refractivity contribution in [2.45, 2.75) is 26.3 Å². The van der Waals surface area contributed by atoms with Gasteiger partial charge in [-0.05, 0) is 42.2 Å². The maximum Gasteiger partial charge on any atom is 0.321 e. The van der Waals surface area contributed by atoms with Crippen molar-refractivity contribution < 1.29 is 9.59 Å². The highest BCUT2D eigenvalue weighted by atomic mass is 32.1. The van der Waals surface area contributed by atoms with Crippen LogP contribution in [0.5, 0.6) is 0 Å². The molecule has 6 nitrogen and oxygen atoms in total. The van der Waals surface area contributed by atoms with Gasteiger partial charge in [0.1, 0.15) is 0 Å². The van der Waals surface area contributed by atoms with Gasteiger partial charge >= 0.3 is 6.03 Å². The lowest BCUT2D eigenvalue weighted by Gasteiger charge is -2.15. The first-order valence-electron chi connectivity index (χ1n) is 9.01. The molecule has 3 aromatic rings. The van der Waals surface area contributed by atoms with Crippen molar-refractivity contribution in [3.05, 3.63) is 65.4 Å². The van der Waals surface area contributed by atoms with E-state index in [9.17, 15) is 9.59 Å². The molecule has 7 heteroatoms. The molecule has 1 aliphatic rings. The van der Waals surface area contributed by atoms with Gasteiger partial charge in [0, 0.05) is 11.9 Å². The average molecular weight is 392 g/mol. The predicted octanol–water partition coefficient (Wildman–Crippen LogP) is 4.50. The number of benzene rings is 2. The maximum absolute atomic E-state index is 12.4. The number of aromatic nitrogens is 1. The van der Waals surface area contributed by atoms with Crippen molar-refractivity contribution in [3.8, 4) is 10.4 Å². The fourth-order valence-corrected chi connectivity index (χ4v) is 4.14. The number of hydrogen-bond acceptors (Lipinski definition) is 4. The van der Waals surface area contributed by atoms with Crippen molar-refractivity contribution in [2.75, 3.05) is 10.6 Å². The normalized spacial score (nSPS) is 13.6. The summed E-state index contributed by atoms with van der Waals surface area (Å²) in [5, 5.41) is 9.08. The zero-order valence-corrected chi connectivity index (χ0v) is 16.4. The Morgan fingerprint density at radius 2 is 2.07 bits per heavy atom. The zero-order chi connectivity index (χ0) is 19.7. The molecule has 0 spiro atoms. The SMILES string of the molecule is Cc1ccccc1-c1cnc(NC(=O)NC(C)c2ccc3c(c2)CC(=O)N3)s1. The number of anilines is 2. The Morgan fingerprint density at radius 3 is 2.89 bits per heavy atom. The van der Waals surface area contributed by atoms with Crippen molar-refractivity contribution >= 4 is 34.1 Å². The molecule has 0 fully saturated rings. The first-order valence-corrected chi connectivity index (χ1v) is 9.83. The lowest BCUT2D eigenvalue weighted by molar-refractivity contribution is -0.115. The summed E-state index contributed by atoms with van der Waals surface area (Å²) in [5.41, 5.74) is 5.03. The molecule has 0 saturated carbocycles. The van der Waals surface area contributed by atoms with Crippen LogP contribution in [-0.2, 0) is 11.2 Å². The number of nitrogens with zero attached hydrogens (tertiary/aromatic N) is 1. The van der Waals surface area contributed by atoms with Crippen LogP contribution >= 0.6 is 11.3 Å². The second-order valence-electron chi connectivity index (χ2n) is 6.81. The van der Waals surface area contributed by atoms with Gasteiger partial charge in [-0.15, -0.1) is 0 Å². The second-order valence-corrected chi connectivity index (χ2v) is 7.84. The summed E-state index contributed by atoms with van der Waals surface area (Å²) in [6.07, 6.45) is 2.15. The van der Waals surface area contributed by atoms with Crippen molar-refractivity contribution in [1.82, 2.24) is 10.3 Å². The fourth-order valence-electron chi connectivity index (χ4n) is 3.24. The van der Waals surface area contributed by atoms with Crippen LogP contribution in [-0.4, -0.2) is 16.9 Å². The Hall–Kier alpha value is -3.19. The van der Waals surface area contributed by atoms with E-state index in [1.807, 2.05) is 43.3 Å². The van der Waals surface area contributed by atoms with Gasteiger partial charge in [0.2, 0.25) is 5.91 Å².